The van der Waals surface area contributed by atoms with Gasteiger partial charge in [0.15, 0.2) is 0 Å². The average molecular weight is 292 g/mol. The molecule has 3 aliphatic rings. The second-order valence-corrected chi connectivity index (χ2v) is 8.10. The van der Waals surface area contributed by atoms with Crippen molar-refractivity contribution < 1.29 is 4.79 Å². The van der Waals surface area contributed by atoms with E-state index in [4.69, 9.17) is 0 Å². The summed E-state index contributed by atoms with van der Waals surface area (Å²) in [6.45, 7) is 4.66. The minimum absolute atomic E-state index is 0.314. The third-order valence-corrected chi connectivity index (χ3v) is 6.12. The van der Waals surface area contributed by atoms with E-state index in [-0.39, 0.29) is 0 Å². The quantitative estimate of drug-likeness (QED) is 0.835. The third kappa shape index (κ3) is 4.00. The fourth-order valence-corrected chi connectivity index (χ4v) is 4.82. The molecule has 2 bridgehead atoms. The summed E-state index contributed by atoms with van der Waals surface area (Å²) in [6.07, 6.45) is 10.8. The van der Waals surface area contributed by atoms with Gasteiger partial charge in [-0.1, -0.05) is 13.8 Å². The van der Waals surface area contributed by atoms with Gasteiger partial charge in [-0.2, -0.15) is 0 Å². The van der Waals surface area contributed by atoms with Gasteiger partial charge in [0.1, 0.15) is 0 Å². The lowest BCUT2D eigenvalue weighted by Crippen LogP contribution is -2.42. The van der Waals surface area contributed by atoms with Crippen molar-refractivity contribution in [1.82, 2.24) is 10.6 Å². The highest BCUT2D eigenvalue weighted by Gasteiger charge is 2.34. The first-order valence-corrected chi connectivity index (χ1v) is 9.15. The molecule has 3 nitrogen and oxygen atoms in total. The van der Waals surface area contributed by atoms with Crippen LogP contribution in [-0.2, 0) is 4.79 Å². The van der Waals surface area contributed by atoms with E-state index >= 15 is 0 Å². The second kappa shape index (κ2) is 6.68. The Hall–Kier alpha value is -0.570. The SMILES string of the molecule is CC(C)C1CCC(NC(=O)CC2CC3CCC(C2)N3)CC1. The fourth-order valence-electron chi connectivity index (χ4n) is 4.82. The number of carbonyl (C=O) groups is 1. The fraction of sp³-hybridized carbons (Fsp3) is 0.944. The number of fused-ring (bicyclic) bond motifs is 2. The van der Waals surface area contributed by atoms with Crippen LogP contribution in [0, 0.1) is 17.8 Å². The van der Waals surface area contributed by atoms with Crippen LogP contribution in [0.1, 0.15) is 71.6 Å². The lowest BCUT2D eigenvalue weighted by Gasteiger charge is -2.32. The molecule has 0 spiro atoms. The van der Waals surface area contributed by atoms with E-state index in [0.717, 1.165) is 18.3 Å². The Kier molecular flexibility index (Phi) is 4.88. The summed E-state index contributed by atoms with van der Waals surface area (Å²) in [5.74, 6) is 2.61. The molecule has 2 unspecified atom stereocenters. The Balaban J connectivity index is 1.39. The first-order chi connectivity index (χ1) is 10.1. The molecule has 2 aliphatic heterocycles. The average Bonchev–Trinajstić information content (AvgIpc) is 2.78. The number of hydrogen-bond acceptors (Lipinski definition) is 2. The van der Waals surface area contributed by atoms with Crippen LogP contribution in [0.25, 0.3) is 0 Å². The van der Waals surface area contributed by atoms with Crippen LogP contribution in [0.15, 0.2) is 0 Å². The predicted molar refractivity (Wildman–Crippen MR) is 86.0 cm³/mol. The molecule has 1 saturated carbocycles. The van der Waals surface area contributed by atoms with Crippen molar-refractivity contribution in [3.63, 3.8) is 0 Å². The topological polar surface area (TPSA) is 41.1 Å². The Bertz CT molecular complexity index is 348. The van der Waals surface area contributed by atoms with E-state index < -0.39 is 0 Å². The van der Waals surface area contributed by atoms with E-state index in [1.807, 2.05) is 0 Å². The summed E-state index contributed by atoms with van der Waals surface area (Å²) < 4.78 is 0. The number of piperidine rings is 1. The highest BCUT2D eigenvalue weighted by atomic mass is 16.1. The largest absolute Gasteiger partial charge is 0.353 e. The second-order valence-electron chi connectivity index (χ2n) is 8.10. The van der Waals surface area contributed by atoms with Crippen LogP contribution in [-0.4, -0.2) is 24.0 Å². The molecule has 0 aromatic rings. The summed E-state index contributed by atoms with van der Waals surface area (Å²) in [5, 5.41) is 6.97. The van der Waals surface area contributed by atoms with Crippen LogP contribution >= 0.6 is 0 Å². The summed E-state index contributed by atoms with van der Waals surface area (Å²) >= 11 is 0. The Morgan fingerprint density at radius 1 is 1.05 bits per heavy atom. The number of carbonyl (C=O) groups excluding carboxylic acids is 1. The van der Waals surface area contributed by atoms with Crippen molar-refractivity contribution in [2.24, 2.45) is 17.8 Å². The van der Waals surface area contributed by atoms with E-state index in [2.05, 4.69) is 24.5 Å². The third-order valence-electron chi connectivity index (χ3n) is 6.12. The van der Waals surface area contributed by atoms with E-state index in [0.29, 0.717) is 30.0 Å². The monoisotopic (exact) mass is 292 g/mol. The zero-order chi connectivity index (χ0) is 14.8. The lowest BCUT2D eigenvalue weighted by molar-refractivity contribution is -0.123. The molecule has 0 aromatic carbocycles. The standard InChI is InChI=1S/C18H32N2O/c1-12(2)14-3-5-15(6-4-14)20-18(21)11-13-9-16-7-8-17(10-13)19-16/h12-17,19H,3-11H2,1-2H3,(H,20,21). The molecule has 21 heavy (non-hydrogen) atoms. The van der Waals surface area contributed by atoms with Gasteiger partial charge in [0.2, 0.25) is 5.91 Å². The minimum atomic E-state index is 0.314. The molecule has 120 valence electrons. The van der Waals surface area contributed by atoms with Crippen molar-refractivity contribution in [3.05, 3.63) is 0 Å². The molecule has 2 saturated heterocycles. The number of rotatable bonds is 4. The molecular weight excluding hydrogens is 260 g/mol. The maximum absolute atomic E-state index is 12.3. The number of amides is 1. The molecule has 1 aliphatic carbocycles. The van der Waals surface area contributed by atoms with Gasteiger partial charge < -0.3 is 10.6 Å². The van der Waals surface area contributed by atoms with Gasteiger partial charge in [-0.3, -0.25) is 4.79 Å². The first kappa shape index (κ1) is 15.3. The van der Waals surface area contributed by atoms with Gasteiger partial charge in [-0.25, -0.2) is 0 Å². The molecule has 2 atom stereocenters. The Morgan fingerprint density at radius 3 is 2.24 bits per heavy atom. The van der Waals surface area contributed by atoms with Crippen LogP contribution in [0.2, 0.25) is 0 Å². The van der Waals surface area contributed by atoms with Gasteiger partial charge >= 0.3 is 0 Å². The number of hydrogen-bond donors (Lipinski definition) is 2. The molecule has 2 heterocycles. The molecule has 3 fully saturated rings. The number of nitrogens with one attached hydrogen (secondary N) is 2. The highest BCUT2D eigenvalue weighted by Crippen LogP contribution is 2.33. The summed E-state index contributed by atoms with van der Waals surface area (Å²) in [4.78, 5) is 12.3. The molecule has 2 N–H and O–H groups in total. The first-order valence-electron chi connectivity index (χ1n) is 9.15. The Labute approximate surface area is 129 Å². The zero-order valence-corrected chi connectivity index (χ0v) is 13.7. The summed E-state index contributed by atoms with van der Waals surface area (Å²) in [6, 6.07) is 1.84. The van der Waals surface area contributed by atoms with E-state index in [9.17, 15) is 4.79 Å². The molecule has 0 radical (unpaired) electrons. The van der Waals surface area contributed by atoms with Gasteiger partial charge in [0, 0.05) is 24.5 Å². The molecule has 1 amide bonds. The van der Waals surface area contributed by atoms with E-state index in [1.54, 1.807) is 0 Å². The lowest BCUT2D eigenvalue weighted by atomic mass is 9.79. The van der Waals surface area contributed by atoms with Crippen molar-refractivity contribution in [2.75, 3.05) is 0 Å². The molecule has 0 aromatic heterocycles. The zero-order valence-electron chi connectivity index (χ0n) is 13.7. The maximum Gasteiger partial charge on any atom is 0.220 e. The molecular formula is C18H32N2O. The highest BCUT2D eigenvalue weighted by molar-refractivity contribution is 5.76. The summed E-state index contributed by atoms with van der Waals surface area (Å²) in [5.41, 5.74) is 0. The minimum Gasteiger partial charge on any atom is -0.353 e. The molecule has 3 heteroatoms. The van der Waals surface area contributed by atoms with Gasteiger partial charge in [-0.05, 0) is 69.1 Å². The van der Waals surface area contributed by atoms with Crippen LogP contribution in [0.5, 0.6) is 0 Å². The van der Waals surface area contributed by atoms with E-state index in [1.165, 1.54) is 51.4 Å². The summed E-state index contributed by atoms with van der Waals surface area (Å²) in [7, 11) is 0. The van der Waals surface area contributed by atoms with Crippen molar-refractivity contribution >= 4 is 5.91 Å². The Morgan fingerprint density at radius 2 is 1.67 bits per heavy atom. The maximum atomic E-state index is 12.3. The van der Waals surface area contributed by atoms with Gasteiger partial charge in [0.25, 0.3) is 0 Å². The van der Waals surface area contributed by atoms with Crippen LogP contribution in [0.4, 0.5) is 0 Å². The van der Waals surface area contributed by atoms with Gasteiger partial charge in [0.05, 0.1) is 0 Å². The predicted octanol–water partition coefficient (Wildman–Crippen LogP) is 3.24. The van der Waals surface area contributed by atoms with Crippen molar-refractivity contribution in [3.8, 4) is 0 Å². The van der Waals surface area contributed by atoms with Gasteiger partial charge in [-0.15, -0.1) is 0 Å². The smallest absolute Gasteiger partial charge is 0.220 e. The molecule has 3 rings (SSSR count). The van der Waals surface area contributed by atoms with Crippen molar-refractivity contribution in [2.45, 2.75) is 89.8 Å². The normalized spacial score (nSPS) is 39.5. The van der Waals surface area contributed by atoms with Crippen LogP contribution < -0.4 is 10.6 Å². The van der Waals surface area contributed by atoms with Crippen LogP contribution in [0.3, 0.4) is 0 Å². The van der Waals surface area contributed by atoms with Crippen molar-refractivity contribution in [1.29, 1.82) is 0 Å².